The minimum atomic E-state index is -0.472. The number of carbonyl (C=O) groups is 2. The first kappa shape index (κ1) is 18.6. The van der Waals surface area contributed by atoms with Gasteiger partial charge in [-0.05, 0) is 42.7 Å². The Labute approximate surface area is 170 Å². The molecule has 7 heteroatoms. The zero-order chi connectivity index (χ0) is 19.8. The summed E-state index contributed by atoms with van der Waals surface area (Å²) in [5.74, 6) is -0.276. The molecule has 0 saturated heterocycles. The van der Waals surface area contributed by atoms with Crippen LogP contribution in [0.1, 0.15) is 37.2 Å². The maximum atomic E-state index is 13.1. The molecule has 1 aliphatic carbocycles. The fraction of sp³-hybridized carbons (Fsp3) is 0.238. The van der Waals surface area contributed by atoms with Crippen LogP contribution in [-0.4, -0.2) is 16.6 Å². The molecule has 0 aromatic heterocycles. The van der Waals surface area contributed by atoms with Gasteiger partial charge in [0.2, 0.25) is 5.91 Å². The molecule has 0 spiro atoms. The fourth-order valence-corrected chi connectivity index (χ4v) is 4.26. The van der Waals surface area contributed by atoms with Gasteiger partial charge in [-0.15, -0.1) is 0 Å². The first-order valence-electron chi connectivity index (χ1n) is 9.05. The van der Waals surface area contributed by atoms with Gasteiger partial charge in [0.25, 0.3) is 5.69 Å². The number of anilines is 1. The molecule has 1 unspecified atom stereocenters. The number of hydrogen-bond donors (Lipinski definition) is 0. The lowest BCUT2D eigenvalue weighted by Crippen LogP contribution is -2.40. The van der Waals surface area contributed by atoms with Gasteiger partial charge in [-0.3, -0.25) is 24.6 Å². The highest BCUT2D eigenvalue weighted by Crippen LogP contribution is 2.43. The Kier molecular flexibility index (Phi) is 4.85. The Morgan fingerprint density at radius 1 is 1.00 bits per heavy atom. The predicted molar refractivity (Wildman–Crippen MR) is 108 cm³/mol. The van der Waals surface area contributed by atoms with Crippen molar-refractivity contribution in [2.45, 2.75) is 31.6 Å². The quantitative estimate of drug-likeness (QED) is 0.502. The molecule has 2 aromatic carbocycles. The minimum absolute atomic E-state index is 0.0325. The minimum Gasteiger partial charge on any atom is -0.294 e. The highest BCUT2D eigenvalue weighted by Gasteiger charge is 2.39. The summed E-state index contributed by atoms with van der Waals surface area (Å²) in [6, 6.07) is 13.6. The molecular weight excluding hydrogens is 424 g/mol. The van der Waals surface area contributed by atoms with Gasteiger partial charge < -0.3 is 0 Å². The third-order valence-electron chi connectivity index (χ3n) is 5.27. The van der Waals surface area contributed by atoms with Gasteiger partial charge in [0.05, 0.1) is 4.92 Å². The smallest absolute Gasteiger partial charge is 0.269 e. The van der Waals surface area contributed by atoms with Crippen LogP contribution in [0.2, 0.25) is 0 Å². The molecule has 1 aliphatic heterocycles. The molecule has 142 valence electrons. The van der Waals surface area contributed by atoms with Gasteiger partial charge in [0.15, 0.2) is 5.78 Å². The molecule has 1 atom stereocenters. The molecular formula is C21H17BrN2O4. The van der Waals surface area contributed by atoms with E-state index in [-0.39, 0.29) is 29.7 Å². The van der Waals surface area contributed by atoms with E-state index < -0.39 is 4.92 Å². The largest absolute Gasteiger partial charge is 0.294 e. The Morgan fingerprint density at radius 3 is 2.32 bits per heavy atom. The first-order chi connectivity index (χ1) is 13.5. The second-order valence-corrected chi connectivity index (χ2v) is 7.86. The maximum Gasteiger partial charge on any atom is 0.269 e. The number of benzene rings is 2. The number of nitro benzene ring substituents is 1. The second kappa shape index (κ2) is 7.31. The average molecular weight is 441 g/mol. The number of amides is 1. The summed E-state index contributed by atoms with van der Waals surface area (Å²) in [4.78, 5) is 37.9. The number of nitrogens with zero attached hydrogens (tertiary/aromatic N) is 2. The van der Waals surface area contributed by atoms with Gasteiger partial charge in [-0.25, -0.2) is 0 Å². The van der Waals surface area contributed by atoms with Crippen LogP contribution in [-0.2, 0) is 9.59 Å². The molecule has 2 aliphatic rings. The molecule has 0 fully saturated rings. The topological polar surface area (TPSA) is 80.5 Å². The Morgan fingerprint density at radius 2 is 1.68 bits per heavy atom. The van der Waals surface area contributed by atoms with Crippen molar-refractivity contribution >= 4 is 39.0 Å². The van der Waals surface area contributed by atoms with E-state index in [0.717, 1.165) is 15.7 Å². The Bertz CT molecular complexity index is 996. The van der Waals surface area contributed by atoms with Crippen molar-refractivity contribution in [3.05, 3.63) is 80.0 Å². The van der Waals surface area contributed by atoms with E-state index in [9.17, 15) is 19.7 Å². The van der Waals surface area contributed by atoms with Crippen molar-refractivity contribution in [3.8, 4) is 0 Å². The molecule has 6 nitrogen and oxygen atoms in total. The fourth-order valence-electron chi connectivity index (χ4n) is 4.00. The van der Waals surface area contributed by atoms with Crippen LogP contribution in [0.5, 0.6) is 0 Å². The van der Waals surface area contributed by atoms with Gasteiger partial charge >= 0.3 is 0 Å². The summed E-state index contributed by atoms with van der Waals surface area (Å²) < 4.78 is 0.940. The second-order valence-electron chi connectivity index (χ2n) is 6.95. The lowest BCUT2D eigenvalue weighted by Gasteiger charge is -2.38. The van der Waals surface area contributed by atoms with Crippen LogP contribution in [0, 0.1) is 10.1 Å². The summed E-state index contributed by atoms with van der Waals surface area (Å²) >= 11 is 3.42. The molecule has 2 aromatic rings. The number of rotatable bonds is 3. The van der Waals surface area contributed by atoms with Gasteiger partial charge in [-0.2, -0.15) is 0 Å². The van der Waals surface area contributed by atoms with Gasteiger partial charge in [0.1, 0.15) is 0 Å². The monoisotopic (exact) mass is 440 g/mol. The summed E-state index contributed by atoms with van der Waals surface area (Å²) in [6.07, 6.45) is 2.01. The highest BCUT2D eigenvalue weighted by atomic mass is 79.9. The van der Waals surface area contributed by atoms with E-state index >= 15 is 0 Å². The van der Waals surface area contributed by atoms with Crippen LogP contribution in [0.25, 0.3) is 0 Å². The number of hydrogen-bond acceptors (Lipinski definition) is 4. The number of nitro groups is 1. The number of halogens is 1. The van der Waals surface area contributed by atoms with Crippen LogP contribution >= 0.6 is 15.9 Å². The first-order valence-corrected chi connectivity index (χ1v) is 9.84. The van der Waals surface area contributed by atoms with Crippen LogP contribution in [0.3, 0.4) is 0 Å². The van der Waals surface area contributed by atoms with E-state index in [2.05, 4.69) is 15.9 Å². The Hall–Kier alpha value is -2.80. The average Bonchev–Trinajstić information content (AvgIpc) is 2.68. The van der Waals surface area contributed by atoms with Crippen molar-refractivity contribution < 1.29 is 14.5 Å². The molecule has 0 radical (unpaired) electrons. The zero-order valence-electron chi connectivity index (χ0n) is 14.9. The molecule has 0 N–H and O–H groups in total. The zero-order valence-corrected chi connectivity index (χ0v) is 16.5. The van der Waals surface area contributed by atoms with Crippen molar-refractivity contribution in [1.82, 2.24) is 0 Å². The number of allylic oxidation sites excluding steroid dienone is 2. The van der Waals surface area contributed by atoms with Gasteiger partial charge in [-0.1, -0.05) is 28.1 Å². The number of carbonyl (C=O) groups excluding carboxylic acids is 2. The normalized spacial score (nSPS) is 19.6. The third kappa shape index (κ3) is 3.26. The SMILES string of the molecule is O=C1CCCC2=C1C(c1ccc(Br)cc1)CC(=O)N2c1ccc([N+](=O)[O-])cc1. The van der Waals surface area contributed by atoms with E-state index in [1.54, 1.807) is 17.0 Å². The molecule has 1 amide bonds. The summed E-state index contributed by atoms with van der Waals surface area (Å²) in [7, 11) is 0. The van der Waals surface area contributed by atoms with E-state index in [1.807, 2.05) is 24.3 Å². The number of non-ortho nitro benzene ring substituents is 1. The molecule has 1 heterocycles. The summed E-state index contributed by atoms with van der Waals surface area (Å²) in [5.41, 5.74) is 2.91. The number of ketones is 1. The van der Waals surface area contributed by atoms with E-state index in [1.165, 1.54) is 12.1 Å². The lowest BCUT2D eigenvalue weighted by molar-refractivity contribution is -0.384. The van der Waals surface area contributed by atoms with Crippen molar-refractivity contribution in [1.29, 1.82) is 0 Å². The van der Waals surface area contributed by atoms with Crippen LogP contribution < -0.4 is 4.90 Å². The van der Waals surface area contributed by atoms with Crippen molar-refractivity contribution in [3.63, 3.8) is 0 Å². The summed E-state index contributed by atoms with van der Waals surface area (Å²) in [5, 5.41) is 10.9. The standard InChI is InChI=1S/C21H17BrN2O4/c22-14-6-4-13(5-7-14)17-12-20(26)23(18-2-1-3-19(25)21(17)18)15-8-10-16(11-9-15)24(27)28/h4-11,17H,1-3,12H2. The molecule has 4 rings (SSSR count). The Balaban J connectivity index is 1.80. The molecule has 0 bridgehead atoms. The summed E-state index contributed by atoms with van der Waals surface area (Å²) in [6.45, 7) is 0. The molecule has 0 saturated carbocycles. The predicted octanol–water partition coefficient (Wildman–Crippen LogP) is 4.88. The van der Waals surface area contributed by atoms with Crippen molar-refractivity contribution in [2.75, 3.05) is 4.90 Å². The van der Waals surface area contributed by atoms with Crippen molar-refractivity contribution in [2.24, 2.45) is 0 Å². The number of Topliss-reactive ketones (excluding diaryl/α,β-unsaturated/α-hetero) is 1. The third-order valence-corrected chi connectivity index (χ3v) is 5.80. The lowest BCUT2D eigenvalue weighted by atomic mass is 9.77. The highest BCUT2D eigenvalue weighted by molar-refractivity contribution is 9.10. The van der Waals surface area contributed by atoms with E-state index in [0.29, 0.717) is 30.5 Å². The van der Waals surface area contributed by atoms with E-state index in [4.69, 9.17) is 0 Å². The van der Waals surface area contributed by atoms with Crippen LogP contribution in [0.4, 0.5) is 11.4 Å². The van der Waals surface area contributed by atoms with Crippen LogP contribution in [0.15, 0.2) is 64.3 Å². The van der Waals surface area contributed by atoms with Gasteiger partial charge in [0, 0.05) is 52.3 Å². The maximum absolute atomic E-state index is 13.1. The molecule has 28 heavy (non-hydrogen) atoms.